The normalized spacial score (nSPS) is 22.1. The van der Waals surface area contributed by atoms with Crippen LogP contribution in [-0.2, 0) is 16.0 Å². The molecule has 2 atom stereocenters. The van der Waals surface area contributed by atoms with Crippen LogP contribution in [0, 0.1) is 5.92 Å². The van der Waals surface area contributed by atoms with Gasteiger partial charge in [0.1, 0.15) is 11.6 Å². The van der Waals surface area contributed by atoms with Gasteiger partial charge in [-0.1, -0.05) is 6.07 Å². The summed E-state index contributed by atoms with van der Waals surface area (Å²) in [5, 5.41) is 9.46. The summed E-state index contributed by atoms with van der Waals surface area (Å²) >= 11 is 0. The zero-order valence-corrected chi connectivity index (χ0v) is 14.7. The molecule has 2 aliphatic rings. The third-order valence-electron chi connectivity index (χ3n) is 4.26. The van der Waals surface area contributed by atoms with Gasteiger partial charge in [-0.05, 0) is 57.2 Å². The highest BCUT2D eigenvalue weighted by Crippen LogP contribution is 2.35. The van der Waals surface area contributed by atoms with Crippen LogP contribution in [0.25, 0.3) is 0 Å². The van der Waals surface area contributed by atoms with E-state index in [1.54, 1.807) is 20.8 Å². The van der Waals surface area contributed by atoms with Gasteiger partial charge in [-0.25, -0.2) is 9.59 Å². The molecule has 25 heavy (non-hydrogen) atoms. The Morgan fingerprint density at radius 1 is 1.28 bits per heavy atom. The van der Waals surface area contributed by atoms with E-state index in [-0.39, 0.29) is 12.7 Å². The molecule has 1 aromatic carbocycles. The van der Waals surface area contributed by atoms with Crippen LogP contribution in [0.5, 0.6) is 11.5 Å². The zero-order chi connectivity index (χ0) is 18.2. The molecule has 0 radical (unpaired) electrons. The minimum atomic E-state index is -1.00. The lowest BCUT2D eigenvalue weighted by Crippen LogP contribution is -2.43. The van der Waals surface area contributed by atoms with Gasteiger partial charge in [-0.15, -0.1) is 0 Å². The summed E-state index contributed by atoms with van der Waals surface area (Å²) < 4.78 is 16.0. The number of nitrogens with zero attached hydrogens (tertiary/aromatic N) is 1. The molecule has 1 aromatic rings. The third-order valence-corrected chi connectivity index (χ3v) is 4.26. The van der Waals surface area contributed by atoms with E-state index < -0.39 is 23.7 Å². The van der Waals surface area contributed by atoms with Gasteiger partial charge in [0.15, 0.2) is 11.5 Å². The molecule has 2 heterocycles. The fourth-order valence-corrected chi connectivity index (χ4v) is 3.23. The van der Waals surface area contributed by atoms with Crippen molar-refractivity contribution in [2.24, 2.45) is 5.92 Å². The van der Waals surface area contributed by atoms with Gasteiger partial charge in [-0.3, -0.25) is 4.90 Å². The van der Waals surface area contributed by atoms with E-state index in [0.29, 0.717) is 30.9 Å². The number of hydrogen-bond acceptors (Lipinski definition) is 5. The lowest BCUT2D eigenvalue weighted by Gasteiger charge is -2.26. The van der Waals surface area contributed by atoms with Crippen LogP contribution in [0.3, 0.4) is 0 Å². The highest BCUT2D eigenvalue weighted by atomic mass is 16.7. The molecule has 0 spiro atoms. The van der Waals surface area contributed by atoms with Gasteiger partial charge < -0.3 is 19.3 Å². The number of likely N-dealkylation sites (tertiary alicyclic amines) is 1. The van der Waals surface area contributed by atoms with Crippen molar-refractivity contribution in [2.45, 2.75) is 45.3 Å². The molecule has 7 heteroatoms. The molecule has 0 aromatic heterocycles. The highest BCUT2D eigenvalue weighted by molar-refractivity contribution is 5.81. The Hall–Kier alpha value is -2.44. The molecule has 0 saturated carbocycles. The van der Waals surface area contributed by atoms with Crippen molar-refractivity contribution in [1.29, 1.82) is 0 Å². The maximum Gasteiger partial charge on any atom is 0.411 e. The van der Waals surface area contributed by atoms with Gasteiger partial charge in [0, 0.05) is 6.54 Å². The van der Waals surface area contributed by atoms with Gasteiger partial charge in [0.2, 0.25) is 6.79 Å². The number of carboxylic acids is 1. The number of carbonyl (C=O) groups is 2. The summed E-state index contributed by atoms with van der Waals surface area (Å²) in [4.78, 5) is 25.2. The number of fused-ring (bicyclic) bond motifs is 1. The first-order valence-corrected chi connectivity index (χ1v) is 8.34. The van der Waals surface area contributed by atoms with Crippen molar-refractivity contribution in [1.82, 2.24) is 4.90 Å². The Morgan fingerprint density at radius 2 is 2.00 bits per heavy atom. The number of amides is 1. The molecule has 1 saturated heterocycles. The zero-order valence-electron chi connectivity index (χ0n) is 14.7. The molecule has 0 aliphatic carbocycles. The highest BCUT2D eigenvalue weighted by Gasteiger charge is 2.41. The van der Waals surface area contributed by atoms with Crippen LogP contribution < -0.4 is 9.47 Å². The maximum atomic E-state index is 12.3. The molecule has 0 bridgehead atoms. The Kier molecular flexibility index (Phi) is 4.49. The summed E-state index contributed by atoms with van der Waals surface area (Å²) in [5.41, 5.74) is 0.375. The van der Waals surface area contributed by atoms with Crippen molar-refractivity contribution >= 4 is 12.1 Å². The Bertz CT molecular complexity index is 681. The second-order valence-electron chi connectivity index (χ2n) is 7.48. The number of benzene rings is 1. The summed E-state index contributed by atoms with van der Waals surface area (Å²) in [5.74, 6) is 0.469. The summed E-state index contributed by atoms with van der Waals surface area (Å²) in [6.45, 7) is 5.87. The predicted octanol–water partition coefficient (Wildman–Crippen LogP) is 2.67. The second-order valence-corrected chi connectivity index (χ2v) is 7.48. The van der Waals surface area contributed by atoms with Crippen LogP contribution in [0.15, 0.2) is 18.2 Å². The van der Waals surface area contributed by atoms with E-state index in [0.717, 1.165) is 5.56 Å². The van der Waals surface area contributed by atoms with Gasteiger partial charge >= 0.3 is 12.1 Å². The average molecular weight is 349 g/mol. The SMILES string of the molecule is CC(C)(C)OC(=O)N1C[C@H](Cc2ccc3c(c2)OCO3)C[C@H]1C(=O)O. The van der Waals surface area contributed by atoms with Crippen LogP contribution in [0.1, 0.15) is 32.8 Å². The first kappa shape index (κ1) is 17.4. The molecule has 0 unspecified atom stereocenters. The number of hydrogen-bond donors (Lipinski definition) is 1. The van der Waals surface area contributed by atoms with Crippen LogP contribution >= 0.6 is 0 Å². The second kappa shape index (κ2) is 6.46. The van der Waals surface area contributed by atoms with Crippen molar-refractivity contribution < 1.29 is 28.9 Å². The predicted molar refractivity (Wildman–Crippen MR) is 88.7 cm³/mol. The van der Waals surface area contributed by atoms with Crippen molar-refractivity contribution in [3.05, 3.63) is 23.8 Å². The van der Waals surface area contributed by atoms with E-state index in [4.69, 9.17) is 14.2 Å². The largest absolute Gasteiger partial charge is 0.480 e. The number of aliphatic carboxylic acids is 1. The fourth-order valence-electron chi connectivity index (χ4n) is 3.23. The topological polar surface area (TPSA) is 85.3 Å². The van der Waals surface area contributed by atoms with E-state index in [9.17, 15) is 14.7 Å². The minimum Gasteiger partial charge on any atom is -0.480 e. The third kappa shape index (κ3) is 3.97. The molecule has 1 fully saturated rings. The first-order chi connectivity index (χ1) is 11.7. The average Bonchev–Trinajstić information content (AvgIpc) is 3.11. The first-order valence-electron chi connectivity index (χ1n) is 8.34. The number of rotatable bonds is 3. The number of carboxylic acid groups (broad SMARTS) is 1. The molecular weight excluding hydrogens is 326 g/mol. The minimum absolute atomic E-state index is 0.0500. The smallest absolute Gasteiger partial charge is 0.411 e. The fraction of sp³-hybridized carbons (Fsp3) is 0.556. The molecule has 136 valence electrons. The summed E-state index contributed by atoms with van der Waals surface area (Å²) in [7, 11) is 0. The summed E-state index contributed by atoms with van der Waals surface area (Å²) in [6, 6.07) is 4.86. The number of ether oxygens (including phenoxy) is 3. The van der Waals surface area contributed by atoms with Gasteiger partial charge in [0.05, 0.1) is 0 Å². The lowest BCUT2D eigenvalue weighted by molar-refractivity contribution is -0.142. The Morgan fingerprint density at radius 3 is 2.68 bits per heavy atom. The Labute approximate surface area is 146 Å². The molecule has 2 aliphatic heterocycles. The van der Waals surface area contributed by atoms with Crippen LogP contribution in [0.4, 0.5) is 4.79 Å². The maximum absolute atomic E-state index is 12.3. The standard InChI is InChI=1S/C18H23NO6/c1-18(2,3)25-17(22)19-9-12(7-13(19)16(20)21)6-11-4-5-14-15(8-11)24-10-23-14/h4-5,8,12-13H,6-7,9-10H2,1-3H3,(H,20,21)/t12-,13+/m1/s1. The van der Waals surface area contributed by atoms with Crippen molar-refractivity contribution in [3.8, 4) is 11.5 Å². The van der Waals surface area contributed by atoms with E-state index in [2.05, 4.69) is 0 Å². The summed E-state index contributed by atoms with van der Waals surface area (Å²) in [6.07, 6.45) is 0.496. The quantitative estimate of drug-likeness (QED) is 0.903. The van der Waals surface area contributed by atoms with E-state index in [1.165, 1.54) is 4.90 Å². The molecular formula is C18H23NO6. The van der Waals surface area contributed by atoms with Crippen LogP contribution in [0.2, 0.25) is 0 Å². The van der Waals surface area contributed by atoms with Crippen molar-refractivity contribution in [3.63, 3.8) is 0 Å². The van der Waals surface area contributed by atoms with E-state index in [1.807, 2.05) is 18.2 Å². The number of carbonyl (C=O) groups excluding carboxylic acids is 1. The molecule has 7 nitrogen and oxygen atoms in total. The molecule has 1 N–H and O–H groups in total. The lowest BCUT2D eigenvalue weighted by atomic mass is 9.96. The molecule has 3 rings (SSSR count). The van der Waals surface area contributed by atoms with Crippen LogP contribution in [-0.4, -0.2) is 47.0 Å². The van der Waals surface area contributed by atoms with E-state index >= 15 is 0 Å². The van der Waals surface area contributed by atoms with Crippen molar-refractivity contribution in [2.75, 3.05) is 13.3 Å². The monoisotopic (exact) mass is 349 g/mol. The Balaban J connectivity index is 1.69. The van der Waals surface area contributed by atoms with Gasteiger partial charge in [0.25, 0.3) is 0 Å². The van der Waals surface area contributed by atoms with Gasteiger partial charge in [-0.2, -0.15) is 0 Å². The molecule has 1 amide bonds.